The molecule has 1 atom stereocenters. The van der Waals surface area contributed by atoms with Crippen LogP contribution >= 0.6 is 15.9 Å². The maximum Gasteiger partial charge on any atom is 0.261 e. The number of nitrogens with one attached hydrogen (secondary N) is 1. The smallest absolute Gasteiger partial charge is 0.261 e. The van der Waals surface area contributed by atoms with Crippen LogP contribution in [0.5, 0.6) is 0 Å². The number of halogens is 1. The molecule has 1 N–H and O–H groups in total. The van der Waals surface area contributed by atoms with Crippen molar-refractivity contribution in [2.75, 3.05) is 26.1 Å². The highest BCUT2D eigenvalue weighted by molar-refractivity contribution is 9.10. The van der Waals surface area contributed by atoms with Crippen molar-refractivity contribution in [1.29, 1.82) is 0 Å². The van der Waals surface area contributed by atoms with Gasteiger partial charge in [0.2, 0.25) is 6.29 Å². The summed E-state index contributed by atoms with van der Waals surface area (Å²) in [5, 5.41) is 5.91. The molecule has 1 aliphatic rings. The van der Waals surface area contributed by atoms with E-state index in [-0.39, 0.29) is 11.1 Å². The fraction of sp³-hybridized carbons (Fsp3) is 0.370. The number of anilines is 1. The Morgan fingerprint density at radius 3 is 2.03 bits per heavy atom. The summed E-state index contributed by atoms with van der Waals surface area (Å²) in [7, 11) is 0.538. The van der Waals surface area contributed by atoms with Gasteiger partial charge in [0.15, 0.2) is 0 Å². The third-order valence-corrected chi connectivity index (χ3v) is 12.1. The van der Waals surface area contributed by atoms with Gasteiger partial charge in [-0.2, -0.15) is 0 Å². The molecule has 4 rings (SSSR count). The Labute approximate surface area is 212 Å². The predicted octanol–water partition coefficient (Wildman–Crippen LogP) is 5.57. The van der Waals surface area contributed by atoms with E-state index in [1.54, 1.807) is 14.2 Å². The molecule has 0 aliphatic carbocycles. The monoisotopic (exact) mass is 540 g/mol. The Morgan fingerprint density at radius 2 is 1.53 bits per heavy atom. The van der Waals surface area contributed by atoms with Crippen LogP contribution in [0.4, 0.5) is 5.82 Å². The first-order chi connectivity index (χ1) is 16.3. The molecule has 0 amide bonds. The predicted molar refractivity (Wildman–Crippen MR) is 143 cm³/mol. The van der Waals surface area contributed by atoms with E-state index in [1.807, 2.05) is 0 Å². The molecule has 180 valence electrons. The van der Waals surface area contributed by atoms with Crippen molar-refractivity contribution in [2.45, 2.75) is 44.6 Å². The van der Waals surface area contributed by atoms with Crippen molar-refractivity contribution in [3.63, 3.8) is 0 Å². The van der Waals surface area contributed by atoms with E-state index in [0.29, 0.717) is 5.69 Å². The minimum atomic E-state index is -2.69. The van der Waals surface area contributed by atoms with Crippen molar-refractivity contribution in [3.8, 4) is 0 Å². The Morgan fingerprint density at radius 1 is 0.971 bits per heavy atom. The van der Waals surface area contributed by atoms with E-state index in [0.717, 1.165) is 28.8 Å². The van der Waals surface area contributed by atoms with Crippen LogP contribution in [0, 0.1) is 0 Å². The van der Waals surface area contributed by atoms with Crippen molar-refractivity contribution in [1.82, 2.24) is 4.98 Å². The number of ether oxygens (including phenoxy) is 2. The second kappa shape index (κ2) is 10.3. The van der Waals surface area contributed by atoms with Gasteiger partial charge < -0.3 is 19.2 Å². The molecular formula is C27H33BrN2O3Si. The number of pyridine rings is 1. The van der Waals surface area contributed by atoms with Gasteiger partial charge in [0.25, 0.3) is 8.32 Å². The number of aromatic nitrogens is 1. The summed E-state index contributed by atoms with van der Waals surface area (Å²) in [5.74, 6) is 0.825. The van der Waals surface area contributed by atoms with Gasteiger partial charge in [-0.3, -0.25) is 0 Å². The summed E-state index contributed by atoms with van der Waals surface area (Å²) in [6, 6.07) is 23.6. The van der Waals surface area contributed by atoms with Gasteiger partial charge in [0.1, 0.15) is 11.5 Å². The summed E-state index contributed by atoms with van der Waals surface area (Å²) in [6.45, 7) is 7.70. The Balaban J connectivity index is 1.85. The van der Waals surface area contributed by atoms with Crippen molar-refractivity contribution in [2.24, 2.45) is 0 Å². The van der Waals surface area contributed by atoms with Gasteiger partial charge in [-0.05, 0) is 43.8 Å². The third-order valence-electron chi connectivity index (χ3n) is 6.47. The summed E-state index contributed by atoms with van der Waals surface area (Å²) in [5.41, 5.74) is 1.77. The summed E-state index contributed by atoms with van der Waals surface area (Å²) in [6.07, 6.45) is 0.228. The lowest BCUT2D eigenvalue weighted by atomic mass is 10.0. The SMILES string of the molecule is COC(OC)c1nc2c(cc1Br)C(O[Si](c1ccccc1)(c1ccccc1)C(C)(C)C)CCN2. The number of hydrogen-bond acceptors (Lipinski definition) is 5. The largest absolute Gasteiger partial charge is 0.400 e. The Hall–Kier alpha value is -2.03. The van der Waals surface area contributed by atoms with Crippen molar-refractivity contribution >= 4 is 40.4 Å². The molecule has 2 heterocycles. The number of fused-ring (bicyclic) bond motifs is 1. The molecular weight excluding hydrogens is 508 g/mol. The standard InChI is InChI=1S/C27H33BrN2O3Si/c1-27(2,3)34(19-12-8-6-9-13-19,20-14-10-7-11-15-20)33-23-16-17-29-25-21(23)18-22(28)24(30-25)26(31-4)32-5/h6-15,18,23,26H,16-17H2,1-5H3,(H,29,30). The molecule has 34 heavy (non-hydrogen) atoms. The minimum Gasteiger partial charge on any atom is -0.400 e. The van der Waals surface area contributed by atoms with Gasteiger partial charge in [-0.15, -0.1) is 0 Å². The number of benzene rings is 2. The van der Waals surface area contributed by atoms with E-state index in [1.165, 1.54) is 10.4 Å². The molecule has 1 unspecified atom stereocenters. The second-order valence-electron chi connectivity index (χ2n) is 9.58. The van der Waals surface area contributed by atoms with Gasteiger partial charge >= 0.3 is 0 Å². The normalized spacial score (nSPS) is 16.3. The maximum absolute atomic E-state index is 7.43. The van der Waals surface area contributed by atoms with Crippen LogP contribution in [0.25, 0.3) is 0 Å². The molecule has 2 aromatic carbocycles. The Bertz CT molecular complexity index is 1060. The van der Waals surface area contributed by atoms with Crippen LogP contribution in [0.3, 0.4) is 0 Å². The zero-order chi connectivity index (χ0) is 24.3. The van der Waals surface area contributed by atoms with Gasteiger partial charge in [0.05, 0.1) is 6.10 Å². The summed E-state index contributed by atoms with van der Waals surface area (Å²) < 4.78 is 19.2. The minimum absolute atomic E-state index is 0.0936. The molecule has 3 aromatic rings. The summed E-state index contributed by atoms with van der Waals surface area (Å²) >= 11 is 3.70. The van der Waals surface area contributed by atoms with Crippen molar-refractivity contribution in [3.05, 3.63) is 82.5 Å². The lowest BCUT2D eigenvalue weighted by Gasteiger charge is -2.46. The topological polar surface area (TPSA) is 52.6 Å². The molecule has 0 fully saturated rings. The van der Waals surface area contributed by atoms with E-state index in [2.05, 4.69) is 109 Å². The van der Waals surface area contributed by atoms with E-state index in [4.69, 9.17) is 18.9 Å². The molecule has 0 saturated heterocycles. The van der Waals surface area contributed by atoms with Crippen LogP contribution < -0.4 is 15.7 Å². The fourth-order valence-corrected chi connectivity index (χ4v) is 10.1. The van der Waals surface area contributed by atoms with Crippen LogP contribution in [0.15, 0.2) is 71.2 Å². The first kappa shape index (κ1) is 25.1. The van der Waals surface area contributed by atoms with E-state index < -0.39 is 14.6 Å². The quantitative estimate of drug-likeness (QED) is 0.313. The number of hydrogen-bond donors (Lipinski definition) is 1. The molecule has 1 aromatic heterocycles. The molecule has 7 heteroatoms. The van der Waals surface area contributed by atoms with Crippen molar-refractivity contribution < 1.29 is 13.9 Å². The first-order valence-corrected chi connectivity index (χ1v) is 14.3. The van der Waals surface area contributed by atoms with Gasteiger partial charge in [-0.1, -0.05) is 81.4 Å². The van der Waals surface area contributed by atoms with Crippen LogP contribution in [0.2, 0.25) is 5.04 Å². The average molecular weight is 542 g/mol. The number of rotatable bonds is 7. The van der Waals surface area contributed by atoms with E-state index >= 15 is 0 Å². The highest BCUT2D eigenvalue weighted by atomic mass is 79.9. The highest BCUT2D eigenvalue weighted by Crippen LogP contribution is 2.43. The zero-order valence-corrected chi connectivity index (χ0v) is 23.1. The highest BCUT2D eigenvalue weighted by Gasteiger charge is 2.52. The maximum atomic E-state index is 7.43. The fourth-order valence-electron chi connectivity index (χ4n) is 4.89. The molecule has 0 saturated carbocycles. The second-order valence-corrected chi connectivity index (χ2v) is 14.7. The van der Waals surface area contributed by atoms with Crippen LogP contribution in [-0.2, 0) is 13.9 Å². The molecule has 0 bridgehead atoms. The van der Waals surface area contributed by atoms with Crippen LogP contribution in [-0.4, -0.2) is 34.1 Å². The Kier molecular flexibility index (Phi) is 7.59. The first-order valence-electron chi connectivity index (χ1n) is 11.6. The van der Waals surface area contributed by atoms with Crippen LogP contribution in [0.1, 0.15) is 50.8 Å². The molecule has 5 nitrogen and oxygen atoms in total. The van der Waals surface area contributed by atoms with E-state index in [9.17, 15) is 0 Å². The summed E-state index contributed by atoms with van der Waals surface area (Å²) in [4.78, 5) is 4.87. The third kappa shape index (κ3) is 4.60. The molecule has 0 radical (unpaired) electrons. The average Bonchev–Trinajstić information content (AvgIpc) is 2.84. The number of methoxy groups -OCH3 is 2. The van der Waals surface area contributed by atoms with Gasteiger partial charge in [-0.25, -0.2) is 4.98 Å². The van der Waals surface area contributed by atoms with Gasteiger partial charge in [0, 0.05) is 30.8 Å². The number of nitrogens with zero attached hydrogens (tertiary/aromatic N) is 1. The molecule has 0 spiro atoms. The lowest BCUT2D eigenvalue weighted by Crippen LogP contribution is -2.67. The molecule has 1 aliphatic heterocycles. The lowest BCUT2D eigenvalue weighted by molar-refractivity contribution is -0.109. The zero-order valence-electron chi connectivity index (χ0n) is 20.5.